The number of alkyl halides is 3. The quantitative estimate of drug-likeness (QED) is 0.562. The predicted molar refractivity (Wildman–Crippen MR) is 100 cm³/mol. The van der Waals surface area contributed by atoms with Gasteiger partial charge >= 0.3 is 6.18 Å². The molecule has 0 aromatic carbocycles. The molecule has 0 fully saturated rings. The Bertz CT molecular complexity index is 985. The summed E-state index contributed by atoms with van der Waals surface area (Å²) < 4.78 is 39.2. The van der Waals surface area contributed by atoms with E-state index in [1.54, 1.807) is 12.2 Å². The summed E-state index contributed by atoms with van der Waals surface area (Å²) in [4.78, 5) is 41.0. The molecule has 7 nitrogen and oxygen atoms in total. The summed E-state index contributed by atoms with van der Waals surface area (Å²) >= 11 is 5.83. The van der Waals surface area contributed by atoms with Crippen molar-refractivity contribution in [1.82, 2.24) is 14.9 Å². The zero-order valence-corrected chi connectivity index (χ0v) is 16.7. The fourth-order valence-corrected chi connectivity index (χ4v) is 2.93. The van der Waals surface area contributed by atoms with Gasteiger partial charge in [0.15, 0.2) is 0 Å². The van der Waals surface area contributed by atoms with Gasteiger partial charge < -0.3 is 15.2 Å². The summed E-state index contributed by atoms with van der Waals surface area (Å²) in [6.45, 7) is 3.71. The fourth-order valence-electron chi connectivity index (χ4n) is 2.76. The first-order valence-electron chi connectivity index (χ1n) is 8.34. The second-order valence-electron chi connectivity index (χ2n) is 6.40. The van der Waals surface area contributed by atoms with Crippen LogP contribution >= 0.6 is 11.6 Å². The van der Waals surface area contributed by atoms with Gasteiger partial charge in [-0.2, -0.15) is 13.2 Å². The summed E-state index contributed by atoms with van der Waals surface area (Å²) in [6.07, 6.45) is -1.94. The van der Waals surface area contributed by atoms with E-state index in [0.717, 1.165) is 6.92 Å². The van der Waals surface area contributed by atoms with Gasteiger partial charge in [-0.3, -0.25) is 19.4 Å². The normalized spacial score (nSPS) is 12.4. The van der Waals surface area contributed by atoms with Crippen LogP contribution in [0.5, 0.6) is 0 Å². The number of anilines is 1. The van der Waals surface area contributed by atoms with Crippen LogP contribution in [0.1, 0.15) is 39.0 Å². The second-order valence-corrected chi connectivity index (χ2v) is 6.84. The Morgan fingerprint density at radius 2 is 1.83 bits per heavy atom. The standard InChI is InChI=1S/C18H18ClF3N4O3/c1-8-13(16(28)25-12-5-11(19)6-23-7-12)9(2)26(4)14(8)15(27)17(29)24-10(3)18(20,21)22/h5-7,10H,1-4H3,(H,24,29)(H,25,28). The first-order chi connectivity index (χ1) is 13.3. The first-order valence-corrected chi connectivity index (χ1v) is 8.72. The van der Waals surface area contributed by atoms with Gasteiger partial charge in [0.25, 0.3) is 17.6 Å². The van der Waals surface area contributed by atoms with Crippen molar-refractivity contribution in [3.8, 4) is 0 Å². The highest BCUT2D eigenvalue weighted by atomic mass is 35.5. The molecular formula is C18H18ClF3N4O3. The van der Waals surface area contributed by atoms with E-state index in [4.69, 9.17) is 11.6 Å². The van der Waals surface area contributed by atoms with Crippen molar-refractivity contribution in [2.24, 2.45) is 7.05 Å². The van der Waals surface area contributed by atoms with E-state index < -0.39 is 29.8 Å². The molecule has 2 rings (SSSR count). The van der Waals surface area contributed by atoms with Crippen molar-refractivity contribution >= 4 is 34.9 Å². The number of ketones is 1. The molecule has 2 N–H and O–H groups in total. The van der Waals surface area contributed by atoms with E-state index in [9.17, 15) is 27.6 Å². The molecule has 2 amide bonds. The van der Waals surface area contributed by atoms with Crippen molar-refractivity contribution in [1.29, 1.82) is 0 Å². The molecule has 11 heteroatoms. The molecule has 1 atom stereocenters. The van der Waals surface area contributed by atoms with Crippen LogP contribution < -0.4 is 10.6 Å². The van der Waals surface area contributed by atoms with Crippen LogP contribution in [0, 0.1) is 13.8 Å². The van der Waals surface area contributed by atoms with Crippen LogP contribution in [-0.4, -0.2) is 39.4 Å². The minimum Gasteiger partial charge on any atom is -0.344 e. The average molecular weight is 431 g/mol. The monoisotopic (exact) mass is 430 g/mol. The number of aromatic nitrogens is 2. The van der Waals surface area contributed by atoms with Gasteiger partial charge in [0.2, 0.25) is 0 Å². The van der Waals surface area contributed by atoms with E-state index in [-0.39, 0.29) is 16.8 Å². The third kappa shape index (κ3) is 4.76. The third-order valence-corrected chi connectivity index (χ3v) is 4.59. The number of hydrogen-bond donors (Lipinski definition) is 2. The molecular weight excluding hydrogens is 413 g/mol. The van der Waals surface area contributed by atoms with Gasteiger partial charge in [-0.1, -0.05) is 11.6 Å². The smallest absolute Gasteiger partial charge is 0.344 e. The van der Waals surface area contributed by atoms with Crippen LogP contribution in [0.3, 0.4) is 0 Å². The highest BCUT2D eigenvalue weighted by Crippen LogP contribution is 2.24. The van der Waals surface area contributed by atoms with Crippen molar-refractivity contribution in [2.45, 2.75) is 33.0 Å². The number of carbonyl (C=O) groups is 3. The lowest BCUT2D eigenvalue weighted by Gasteiger charge is -2.16. The molecule has 2 heterocycles. The van der Waals surface area contributed by atoms with E-state index in [1.807, 2.05) is 0 Å². The Morgan fingerprint density at radius 3 is 2.38 bits per heavy atom. The molecule has 0 aliphatic heterocycles. The van der Waals surface area contributed by atoms with Gasteiger partial charge in [0.05, 0.1) is 28.2 Å². The summed E-state index contributed by atoms with van der Waals surface area (Å²) in [5, 5.41) is 4.51. The SMILES string of the molecule is Cc1c(C(=O)Nc2cncc(Cl)c2)c(C)n(C)c1C(=O)C(=O)NC(C)C(F)(F)F. The molecule has 156 valence electrons. The maximum absolute atomic E-state index is 12.7. The number of pyridine rings is 1. The van der Waals surface area contributed by atoms with Crippen LogP contribution in [-0.2, 0) is 11.8 Å². The molecule has 1 unspecified atom stereocenters. The maximum Gasteiger partial charge on any atom is 0.408 e. The molecule has 2 aromatic heterocycles. The van der Waals surface area contributed by atoms with Gasteiger partial charge in [-0.15, -0.1) is 0 Å². The Hall–Kier alpha value is -2.88. The van der Waals surface area contributed by atoms with E-state index >= 15 is 0 Å². The molecule has 0 aliphatic carbocycles. The van der Waals surface area contributed by atoms with Gasteiger partial charge in [0.1, 0.15) is 6.04 Å². The van der Waals surface area contributed by atoms with Crippen molar-refractivity contribution in [3.05, 3.63) is 46.0 Å². The Kier molecular flexibility index (Phi) is 6.37. The topological polar surface area (TPSA) is 93.1 Å². The first kappa shape index (κ1) is 22.4. The molecule has 0 bridgehead atoms. The number of amides is 2. The molecule has 29 heavy (non-hydrogen) atoms. The fraction of sp³-hybridized carbons (Fsp3) is 0.333. The number of rotatable bonds is 5. The molecule has 0 saturated heterocycles. The third-order valence-electron chi connectivity index (χ3n) is 4.38. The van der Waals surface area contributed by atoms with E-state index in [1.165, 1.54) is 37.0 Å². The number of nitrogens with zero attached hydrogens (tertiary/aromatic N) is 2. The number of carbonyl (C=O) groups excluding carboxylic acids is 3. The average Bonchev–Trinajstić information content (AvgIpc) is 2.82. The van der Waals surface area contributed by atoms with Crippen LogP contribution in [0.2, 0.25) is 5.02 Å². The zero-order chi connectivity index (χ0) is 22.1. The van der Waals surface area contributed by atoms with Crippen molar-refractivity contribution in [3.63, 3.8) is 0 Å². The Balaban J connectivity index is 2.33. The van der Waals surface area contributed by atoms with Crippen molar-refractivity contribution in [2.75, 3.05) is 5.32 Å². The molecule has 0 saturated carbocycles. The number of nitrogens with one attached hydrogen (secondary N) is 2. The van der Waals surface area contributed by atoms with Crippen LogP contribution in [0.4, 0.5) is 18.9 Å². The summed E-state index contributed by atoms with van der Waals surface area (Å²) in [7, 11) is 1.44. The Labute approximate surface area is 169 Å². The summed E-state index contributed by atoms with van der Waals surface area (Å²) in [6, 6.07) is -0.725. The van der Waals surface area contributed by atoms with E-state index in [0.29, 0.717) is 16.4 Å². The molecule has 0 spiro atoms. The lowest BCUT2D eigenvalue weighted by atomic mass is 10.1. The van der Waals surface area contributed by atoms with Crippen molar-refractivity contribution < 1.29 is 27.6 Å². The predicted octanol–water partition coefficient (Wildman–Crippen LogP) is 3.19. The van der Waals surface area contributed by atoms with Gasteiger partial charge in [-0.05, 0) is 32.4 Å². The minimum atomic E-state index is -4.69. The van der Waals surface area contributed by atoms with Gasteiger partial charge in [-0.25, -0.2) is 0 Å². The van der Waals surface area contributed by atoms with Crippen LogP contribution in [0.25, 0.3) is 0 Å². The lowest BCUT2D eigenvalue weighted by molar-refractivity contribution is -0.156. The maximum atomic E-state index is 12.7. The highest BCUT2D eigenvalue weighted by Gasteiger charge is 2.39. The number of hydrogen-bond acceptors (Lipinski definition) is 4. The second kappa shape index (κ2) is 8.24. The number of Topliss-reactive ketones (excluding diaryl/α,β-unsaturated/α-hetero) is 1. The summed E-state index contributed by atoms with van der Waals surface area (Å²) in [5.74, 6) is -3.17. The van der Waals surface area contributed by atoms with Crippen LogP contribution in [0.15, 0.2) is 18.5 Å². The molecule has 0 radical (unpaired) electrons. The lowest BCUT2D eigenvalue weighted by Crippen LogP contribution is -2.46. The minimum absolute atomic E-state index is 0.118. The summed E-state index contributed by atoms with van der Waals surface area (Å²) in [5.41, 5.74) is 0.776. The highest BCUT2D eigenvalue weighted by molar-refractivity contribution is 6.43. The largest absolute Gasteiger partial charge is 0.408 e. The molecule has 0 aliphatic rings. The zero-order valence-electron chi connectivity index (χ0n) is 15.9. The number of halogens is 4. The van der Waals surface area contributed by atoms with E-state index in [2.05, 4.69) is 10.3 Å². The van der Waals surface area contributed by atoms with Gasteiger partial charge in [0, 0.05) is 18.9 Å². The Morgan fingerprint density at radius 1 is 1.21 bits per heavy atom. The molecule has 2 aromatic rings.